The van der Waals surface area contributed by atoms with Gasteiger partial charge < -0.3 is 15.1 Å². The third-order valence-electron chi connectivity index (χ3n) is 5.80. The molecule has 3 aromatic rings. The van der Waals surface area contributed by atoms with E-state index in [4.69, 9.17) is 21.6 Å². The highest BCUT2D eigenvalue weighted by Gasteiger charge is 2.27. The molecule has 0 bridgehead atoms. The van der Waals surface area contributed by atoms with Gasteiger partial charge in [0.2, 0.25) is 0 Å². The highest BCUT2D eigenvalue weighted by molar-refractivity contribution is 6.30. The molecular weight excluding hydrogens is 450 g/mol. The summed E-state index contributed by atoms with van der Waals surface area (Å²) in [6.45, 7) is 13.1. The van der Waals surface area contributed by atoms with Crippen LogP contribution in [0.2, 0.25) is 5.02 Å². The number of urea groups is 1. The van der Waals surface area contributed by atoms with Crippen LogP contribution in [0.3, 0.4) is 0 Å². The maximum Gasteiger partial charge on any atom is 0.317 e. The molecule has 182 valence electrons. The van der Waals surface area contributed by atoms with Crippen LogP contribution >= 0.6 is 11.6 Å². The zero-order chi connectivity index (χ0) is 24.5. The number of nitrogens with zero attached hydrogens (tertiary/aromatic N) is 6. The maximum atomic E-state index is 12.6. The van der Waals surface area contributed by atoms with Crippen LogP contribution in [0.1, 0.15) is 46.9 Å². The second-order valence-corrected chi connectivity index (χ2v) is 10.8. The minimum atomic E-state index is -0.257. The largest absolute Gasteiger partial charge is 0.352 e. The Bertz CT molecular complexity index is 1160. The fourth-order valence-corrected chi connectivity index (χ4v) is 4.21. The Hall–Kier alpha value is -2.87. The Morgan fingerprint density at radius 2 is 1.88 bits per heavy atom. The first kappa shape index (κ1) is 24.3. The van der Waals surface area contributed by atoms with Gasteiger partial charge in [-0.2, -0.15) is 5.10 Å². The van der Waals surface area contributed by atoms with E-state index in [2.05, 4.69) is 29.2 Å². The number of carbonyl (C=O) groups excluding carboxylic acids is 1. The number of aryl methyl sites for hydroxylation is 1. The Balaban J connectivity index is 1.65. The summed E-state index contributed by atoms with van der Waals surface area (Å²) in [4.78, 5) is 26.6. The second kappa shape index (κ2) is 9.78. The quantitative estimate of drug-likeness (QED) is 0.569. The number of hydrogen-bond donors (Lipinski definition) is 1. The van der Waals surface area contributed by atoms with Crippen LogP contribution in [0.15, 0.2) is 30.5 Å². The van der Waals surface area contributed by atoms with Gasteiger partial charge in [0, 0.05) is 43.2 Å². The molecule has 0 saturated carbocycles. The summed E-state index contributed by atoms with van der Waals surface area (Å²) in [5.41, 5.74) is 1.39. The van der Waals surface area contributed by atoms with Gasteiger partial charge in [0.15, 0.2) is 5.65 Å². The van der Waals surface area contributed by atoms with E-state index < -0.39 is 0 Å². The van der Waals surface area contributed by atoms with Gasteiger partial charge in [-0.1, -0.05) is 31.5 Å². The van der Waals surface area contributed by atoms with Crippen molar-refractivity contribution < 1.29 is 4.79 Å². The zero-order valence-corrected chi connectivity index (χ0v) is 21.4. The van der Waals surface area contributed by atoms with Gasteiger partial charge >= 0.3 is 6.03 Å². The first-order valence-electron chi connectivity index (χ1n) is 11.9. The molecule has 8 nitrogen and oxygen atoms in total. The summed E-state index contributed by atoms with van der Waals surface area (Å²) >= 11 is 6.24. The SMILES string of the molecule is CC(C)CCc1nc(N2CCN(C(=O)NC(C)(C)C)CC2)c2cnn(-c3cccc(Cl)c3)c2n1. The van der Waals surface area contributed by atoms with Gasteiger partial charge in [0.1, 0.15) is 11.6 Å². The van der Waals surface area contributed by atoms with Gasteiger partial charge in [0.25, 0.3) is 0 Å². The summed E-state index contributed by atoms with van der Waals surface area (Å²) in [6, 6.07) is 7.60. The molecule has 0 atom stereocenters. The fourth-order valence-electron chi connectivity index (χ4n) is 4.03. The third kappa shape index (κ3) is 5.60. The lowest BCUT2D eigenvalue weighted by molar-refractivity contribution is 0.185. The van der Waals surface area contributed by atoms with Crippen LogP contribution in [0.4, 0.5) is 10.6 Å². The van der Waals surface area contributed by atoms with Gasteiger partial charge in [-0.05, 0) is 51.3 Å². The van der Waals surface area contributed by atoms with Crippen molar-refractivity contribution in [3.63, 3.8) is 0 Å². The number of halogens is 1. The monoisotopic (exact) mass is 483 g/mol. The third-order valence-corrected chi connectivity index (χ3v) is 6.04. The van der Waals surface area contributed by atoms with Crippen LogP contribution in [0.25, 0.3) is 16.7 Å². The highest BCUT2D eigenvalue weighted by Crippen LogP contribution is 2.28. The van der Waals surface area contributed by atoms with Crippen molar-refractivity contribution in [1.82, 2.24) is 30.0 Å². The van der Waals surface area contributed by atoms with E-state index >= 15 is 0 Å². The molecule has 34 heavy (non-hydrogen) atoms. The number of benzene rings is 1. The average molecular weight is 484 g/mol. The van der Waals surface area contributed by atoms with E-state index in [1.807, 2.05) is 60.8 Å². The number of carbonyl (C=O) groups is 1. The van der Waals surface area contributed by atoms with E-state index in [-0.39, 0.29) is 11.6 Å². The summed E-state index contributed by atoms with van der Waals surface area (Å²) in [7, 11) is 0. The summed E-state index contributed by atoms with van der Waals surface area (Å²) in [5, 5.41) is 9.25. The van der Waals surface area contributed by atoms with Crippen LogP contribution in [0, 0.1) is 5.92 Å². The number of hydrogen-bond acceptors (Lipinski definition) is 5. The van der Waals surface area contributed by atoms with Crippen molar-refractivity contribution in [3.05, 3.63) is 41.3 Å². The molecule has 4 rings (SSSR count). The lowest BCUT2D eigenvalue weighted by atomic mass is 10.1. The fraction of sp³-hybridized carbons (Fsp3) is 0.520. The van der Waals surface area contributed by atoms with Crippen molar-refractivity contribution in [1.29, 1.82) is 0 Å². The number of piperazine rings is 1. The molecule has 0 unspecified atom stereocenters. The molecule has 1 N–H and O–H groups in total. The van der Waals surface area contributed by atoms with Crippen molar-refractivity contribution in [2.45, 2.75) is 53.0 Å². The molecule has 2 amide bonds. The summed E-state index contributed by atoms with van der Waals surface area (Å²) < 4.78 is 1.83. The van der Waals surface area contributed by atoms with Crippen molar-refractivity contribution in [2.24, 2.45) is 5.92 Å². The molecule has 1 aromatic carbocycles. The van der Waals surface area contributed by atoms with E-state index in [1.54, 1.807) is 0 Å². The van der Waals surface area contributed by atoms with Crippen molar-refractivity contribution in [3.8, 4) is 5.69 Å². The first-order valence-corrected chi connectivity index (χ1v) is 12.3. The van der Waals surface area contributed by atoms with E-state index in [0.717, 1.165) is 41.2 Å². The number of aromatic nitrogens is 4. The minimum absolute atomic E-state index is 0.0219. The van der Waals surface area contributed by atoms with Crippen LogP contribution in [-0.2, 0) is 6.42 Å². The Labute approximate surface area is 206 Å². The number of nitrogens with one attached hydrogen (secondary N) is 1. The predicted molar refractivity (Wildman–Crippen MR) is 137 cm³/mol. The molecule has 1 aliphatic rings. The maximum absolute atomic E-state index is 12.6. The van der Waals surface area contributed by atoms with Gasteiger partial charge in [-0.15, -0.1) is 0 Å². The first-order chi connectivity index (χ1) is 16.1. The number of anilines is 1. The number of amides is 2. The van der Waals surface area contributed by atoms with E-state index in [1.165, 1.54) is 0 Å². The number of rotatable bonds is 5. The van der Waals surface area contributed by atoms with E-state index in [0.29, 0.717) is 37.1 Å². The van der Waals surface area contributed by atoms with Gasteiger partial charge in [-0.25, -0.2) is 19.4 Å². The molecule has 0 spiro atoms. The molecule has 2 aromatic heterocycles. The van der Waals surface area contributed by atoms with Crippen LogP contribution in [-0.4, -0.2) is 62.4 Å². The standard InChI is InChI=1S/C25H34ClN7O/c1-17(2)9-10-21-28-22(31-11-13-32(14-12-31)24(34)30-25(3,4)5)20-16-27-33(23(20)29-21)19-8-6-7-18(26)15-19/h6-8,15-17H,9-14H2,1-5H3,(H,30,34). The minimum Gasteiger partial charge on any atom is -0.352 e. The highest BCUT2D eigenvalue weighted by atomic mass is 35.5. The second-order valence-electron chi connectivity index (χ2n) is 10.3. The van der Waals surface area contributed by atoms with Crippen LogP contribution < -0.4 is 10.2 Å². The smallest absolute Gasteiger partial charge is 0.317 e. The predicted octanol–water partition coefficient (Wildman–Crippen LogP) is 4.69. The van der Waals surface area contributed by atoms with E-state index in [9.17, 15) is 4.79 Å². The Morgan fingerprint density at radius 3 is 2.53 bits per heavy atom. The van der Waals surface area contributed by atoms with Gasteiger partial charge in [-0.3, -0.25) is 0 Å². The lowest BCUT2D eigenvalue weighted by Crippen LogP contribution is -2.55. The molecular formula is C25H34ClN7O. The molecule has 1 saturated heterocycles. The molecule has 1 fully saturated rings. The van der Waals surface area contributed by atoms with Crippen molar-refractivity contribution >= 4 is 34.5 Å². The molecule has 1 aliphatic heterocycles. The molecule has 3 heterocycles. The zero-order valence-electron chi connectivity index (χ0n) is 20.7. The molecule has 0 radical (unpaired) electrons. The molecule has 0 aliphatic carbocycles. The van der Waals surface area contributed by atoms with Crippen LogP contribution in [0.5, 0.6) is 0 Å². The Kier molecular flexibility index (Phi) is 6.98. The average Bonchev–Trinajstić information content (AvgIpc) is 3.20. The summed E-state index contributed by atoms with van der Waals surface area (Å²) in [6.07, 6.45) is 3.64. The van der Waals surface area contributed by atoms with Gasteiger partial charge in [0.05, 0.1) is 17.3 Å². The topological polar surface area (TPSA) is 79.2 Å². The Morgan fingerprint density at radius 1 is 1.15 bits per heavy atom. The summed E-state index contributed by atoms with van der Waals surface area (Å²) in [5.74, 6) is 2.26. The number of fused-ring (bicyclic) bond motifs is 1. The normalized spacial score (nSPS) is 14.8. The lowest BCUT2D eigenvalue weighted by Gasteiger charge is -2.37. The van der Waals surface area contributed by atoms with Crippen molar-refractivity contribution in [2.75, 3.05) is 31.1 Å². The molecule has 9 heteroatoms.